The summed E-state index contributed by atoms with van der Waals surface area (Å²) < 4.78 is 35.2. The average Bonchev–Trinajstić information content (AvgIpc) is 3.34. The van der Waals surface area contributed by atoms with Crippen LogP contribution in [0.25, 0.3) is 34.0 Å². The third-order valence-corrected chi connectivity index (χ3v) is 7.26. The van der Waals surface area contributed by atoms with E-state index in [2.05, 4.69) is 15.1 Å². The van der Waals surface area contributed by atoms with Crippen molar-refractivity contribution < 1.29 is 22.5 Å². The second-order valence-corrected chi connectivity index (χ2v) is 10.2. The van der Waals surface area contributed by atoms with E-state index in [0.717, 1.165) is 0 Å². The molecule has 0 atom stereocenters. The number of primary amides is 1. The van der Waals surface area contributed by atoms with Crippen molar-refractivity contribution in [2.24, 2.45) is 5.73 Å². The van der Waals surface area contributed by atoms with Gasteiger partial charge in [0.05, 0.1) is 33.7 Å². The highest BCUT2D eigenvalue weighted by molar-refractivity contribution is 7.92. The molecule has 1 amide bonds. The normalized spacial score (nSPS) is 11.3. The maximum atomic E-state index is 12.4. The number of nitrogens with zero attached hydrogens (tertiary/aromatic N) is 4. The summed E-state index contributed by atoms with van der Waals surface area (Å²) in [6, 6.07) is 16.6. The van der Waals surface area contributed by atoms with Crippen molar-refractivity contribution in [1.82, 2.24) is 15.1 Å². The van der Waals surface area contributed by atoms with Gasteiger partial charge in [0.25, 0.3) is 5.88 Å². The van der Waals surface area contributed by atoms with E-state index in [1.165, 1.54) is 18.3 Å². The fourth-order valence-electron chi connectivity index (χ4n) is 3.17. The monoisotopic (exact) mass is 489 g/mol. The van der Waals surface area contributed by atoms with Crippen molar-refractivity contribution in [3.8, 4) is 45.9 Å². The van der Waals surface area contributed by atoms with Crippen LogP contribution < -0.4 is 10.5 Å². The zero-order valence-corrected chi connectivity index (χ0v) is 19.5. The van der Waals surface area contributed by atoms with Crippen LogP contribution in [0.2, 0.25) is 0 Å². The Hall–Kier alpha value is -4.56. The Kier molecular flexibility index (Phi) is 6.31. The van der Waals surface area contributed by atoms with Crippen LogP contribution in [0.4, 0.5) is 4.79 Å². The summed E-state index contributed by atoms with van der Waals surface area (Å²) >= 11 is 0. The van der Waals surface area contributed by atoms with Gasteiger partial charge in [-0.15, -0.1) is 0 Å². The molecule has 0 aliphatic carbocycles. The minimum atomic E-state index is -3.42. The van der Waals surface area contributed by atoms with Crippen LogP contribution in [0.3, 0.4) is 0 Å². The zero-order valence-electron chi connectivity index (χ0n) is 18.7. The number of sulfone groups is 1. The topological polar surface area (TPSA) is 162 Å². The number of amides is 1. The van der Waals surface area contributed by atoms with E-state index in [-0.39, 0.29) is 22.2 Å². The molecule has 0 bridgehead atoms. The quantitative estimate of drug-likeness (QED) is 0.422. The smallest absolute Gasteiger partial charge is 0.389 e. The van der Waals surface area contributed by atoms with Crippen LogP contribution in [-0.4, -0.2) is 34.9 Å². The van der Waals surface area contributed by atoms with Crippen LogP contribution in [0.15, 0.2) is 70.2 Å². The molecule has 35 heavy (non-hydrogen) atoms. The molecular formula is C24H19N5O5S. The lowest BCUT2D eigenvalue weighted by atomic mass is 10.1. The molecule has 176 valence electrons. The molecular weight excluding hydrogens is 470 g/mol. The molecule has 11 heteroatoms. The summed E-state index contributed by atoms with van der Waals surface area (Å²) in [6.45, 7) is 3.23. The highest BCUT2D eigenvalue weighted by atomic mass is 32.2. The Morgan fingerprint density at radius 2 is 1.69 bits per heavy atom. The van der Waals surface area contributed by atoms with Crippen LogP contribution in [0.5, 0.6) is 5.88 Å². The van der Waals surface area contributed by atoms with Crippen LogP contribution in [-0.2, 0) is 9.84 Å². The van der Waals surface area contributed by atoms with Gasteiger partial charge in [-0.25, -0.2) is 23.2 Å². The standard InChI is InChI=1S/C24H19N5O5S/c1-14(2)35(31,32)18-9-7-17(8-10-18)20-13-27-23(33-24(26)30)22(28-20)21-11-19(29-34-21)16-5-3-15(12-25)4-6-16/h3-11,13-14H,1-2H3,(H2,26,30). The summed E-state index contributed by atoms with van der Waals surface area (Å²) in [5, 5.41) is 12.5. The lowest BCUT2D eigenvalue weighted by molar-refractivity contribution is 0.209. The molecule has 4 aromatic rings. The Morgan fingerprint density at radius 1 is 1.06 bits per heavy atom. The molecule has 0 unspecified atom stereocenters. The van der Waals surface area contributed by atoms with Gasteiger partial charge < -0.3 is 15.0 Å². The zero-order chi connectivity index (χ0) is 25.2. The molecule has 10 nitrogen and oxygen atoms in total. The van der Waals surface area contributed by atoms with E-state index in [4.69, 9.17) is 20.3 Å². The Bertz CT molecular complexity index is 1540. The van der Waals surface area contributed by atoms with Gasteiger partial charge in [-0.3, -0.25) is 0 Å². The Balaban J connectivity index is 1.74. The summed E-state index contributed by atoms with van der Waals surface area (Å²) in [7, 11) is -3.42. The first-order valence-corrected chi connectivity index (χ1v) is 11.9. The number of benzene rings is 2. The molecule has 0 aliphatic rings. The lowest BCUT2D eigenvalue weighted by Crippen LogP contribution is -2.17. The largest absolute Gasteiger partial charge is 0.411 e. The van der Waals surface area contributed by atoms with Gasteiger partial charge in [0.1, 0.15) is 5.69 Å². The number of hydrogen-bond acceptors (Lipinski definition) is 9. The summed E-state index contributed by atoms with van der Waals surface area (Å²) in [6.07, 6.45) is 0.286. The highest BCUT2D eigenvalue weighted by Gasteiger charge is 2.21. The van der Waals surface area contributed by atoms with E-state index in [0.29, 0.717) is 28.1 Å². The predicted molar refractivity (Wildman–Crippen MR) is 126 cm³/mol. The highest BCUT2D eigenvalue weighted by Crippen LogP contribution is 2.32. The molecule has 0 spiro atoms. The van der Waals surface area contributed by atoms with Crippen molar-refractivity contribution in [2.45, 2.75) is 24.0 Å². The van der Waals surface area contributed by atoms with Gasteiger partial charge in [0.2, 0.25) is 0 Å². The number of ether oxygens (including phenoxy) is 1. The van der Waals surface area contributed by atoms with Crippen molar-refractivity contribution >= 4 is 15.9 Å². The minimum Gasteiger partial charge on any atom is -0.389 e. The molecule has 0 saturated carbocycles. The molecule has 2 heterocycles. The predicted octanol–water partition coefficient (Wildman–Crippen LogP) is 3.98. The maximum absolute atomic E-state index is 12.4. The first kappa shape index (κ1) is 23.6. The number of carbonyl (C=O) groups is 1. The first-order valence-electron chi connectivity index (χ1n) is 10.4. The SMILES string of the molecule is CC(C)S(=O)(=O)c1ccc(-c2cnc(OC(N)=O)c(-c3cc(-c4ccc(C#N)cc4)no3)n2)cc1. The van der Waals surface area contributed by atoms with Crippen molar-refractivity contribution in [3.63, 3.8) is 0 Å². The van der Waals surface area contributed by atoms with Gasteiger partial charge in [0.15, 0.2) is 21.3 Å². The first-order chi connectivity index (χ1) is 16.7. The molecule has 0 fully saturated rings. The summed E-state index contributed by atoms with van der Waals surface area (Å²) in [5.41, 5.74) is 7.86. The third-order valence-electron chi connectivity index (χ3n) is 5.09. The maximum Gasteiger partial charge on any atom is 0.411 e. The second-order valence-electron chi connectivity index (χ2n) is 7.71. The Morgan fingerprint density at radius 3 is 2.29 bits per heavy atom. The molecule has 4 rings (SSSR count). The van der Waals surface area contributed by atoms with E-state index < -0.39 is 21.2 Å². The van der Waals surface area contributed by atoms with Crippen molar-refractivity contribution in [2.75, 3.05) is 0 Å². The third kappa shape index (κ3) is 4.87. The molecule has 2 aromatic carbocycles. The van der Waals surface area contributed by atoms with Gasteiger partial charge in [-0.1, -0.05) is 29.4 Å². The lowest BCUT2D eigenvalue weighted by Gasteiger charge is -2.09. The minimum absolute atomic E-state index is 0.0765. The fourth-order valence-corrected chi connectivity index (χ4v) is 4.23. The van der Waals surface area contributed by atoms with Gasteiger partial charge >= 0.3 is 6.09 Å². The molecule has 2 N–H and O–H groups in total. The van der Waals surface area contributed by atoms with E-state index >= 15 is 0 Å². The number of nitriles is 1. The van der Waals surface area contributed by atoms with Gasteiger partial charge in [-0.2, -0.15) is 5.26 Å². The summed E-state index contributed by atoms with van der Waals surface area (Å²) in [5.74, 6) is -0.0169. The van der Waals surface area contributed by atoms with Crippen LogP contribution in [0.1, 0.15) is 19.4 Å². The number of aromatic nitrogens is 3. The van der Waals surface area contributed by atoms with Crippen molar-refractivity contribution in [1.29, 1.82) is 5.26 Å². The van der Waals surface area contributed by atoms with Crippen LogP contribution in [0, 0.1) is 11.3 Å². The number of carbonyl (C=O) groups excluding carboxylic acids is 1. The number of nitrogens with two attached hydrogens (primary N) is 1. The molecule has 0 aliphatic heterocycles. The molecule has 0 saturated heterocycles. The fraction of sp³-hybridized carbons (Fsp3) is 0.125. The van der Waals surface area contributed by atoms with Gasteiger partial charge in [-0.05, 0) is 38.1 Å². The molecule has 2 aromatic heterocycles. The number of hydrogen-bond donors (Lipinski definition) is 1. The molecule has 0 radical (unpaired) electrons. The number of rotatable bonds is 6. The van der Waals surface area contributed by atoms with E-state index in [1.54, 1.807) is 56.3 Å². The van der Waals surface area contributed by atoms with E-state index in [9.17, 15) is 13.2 Å². The summed E-state index contributed by atoms with van der Waals surface area (Å²) in [4.78, 5) is 20.2. The van der Waals surface area contributed by atoms with Gasteiger partial charge in [0, 0.05) is 17.2 Å². The second kappa shape index (κ2) is 9.36. The van der Waals surface area contributed by atoms with Crippen LogP contribution >= 0.6 is 0 Å². The average molecular weight is 490 g/mol. The Labute approximate surface area is 200 Å². The van der Waals surface area contributed by atoms with E-state index in [1.807, 2.05) is 6.07 Å². The van der Waals surface area contributed by atoms with Crippen molar-refractivity contribution in [3.05, 3.63) is 66.4 Å².